The van der Waals surface area contributed by atoms with Crippen molar-refractivity contribution in [3.05, 3.63) is 47.3 Å². The number of fused-ring (bicyclic) bond motifs is 3. The van der Waals surface area contributed by atoms with E-state index in [1.165, 1.54) is 31.7 Å². The van der Waals surface area contributed by atoms with Crippen molar-refractivity contribution in [2.75, 3.05) is 46.3 Å². The van der Waals surface area contributed by atoms with Crippen LogP contribution in [0.15, 0.2) is 35.3 Å². The fraction of sp³-hybridized carbons (Fsp3) is 0.524. The molecule has 0 saturated carbocycles. The Kier molecular flexibility index (Phi) is 7.53. The molecule has 3 aliphatic rings. The average molecular weight is 509 g/mol. The number of nitrogens with zero attached hydrogens (tertiary/aromatic N) is 5. The zero-order valence-corrected chi connectivity index (χ0v) is 19.9. The second kappa shape index (κ2) is 9.90. The lowest BCUT2D eigenvalue weighted by Gasteiger charge is -2.47. The van der Waals surface area contributed by atoms with E-state index in [2.05, 4.69) is 67.8 Å². The first-order valence-electron chi connectivity index (χ1n) is 10.2. The fourth-order valence-electron chi connectivity index (χ4n) is 4.27. The van der Waals surface area contributed by atoms with E-state index in [-0.39, 0.29) is 24.0 Å². The van der Waals surface area contributed by atoms with Gasteiger partial charge in [-0.3, -0.25) is 14.8 Å². The minimum Gasteiger partial charge on any atom is -0.355 e. The van der Waals surface area contributed by atoms with E-state index >= 15 is 0 Å². The van der Waals surface area contributed by atoms with Crippen molar-refractivity contribution in [3.8, 4) is 5.69 Å². The van der Waals surface area contributed by atoms with Gasteiger partial charge in [-0.25, -0.2) is 4.68 Å². The summed E-state index contributed by atoms with van der Waals surface area (Å²) in [4.78, 5) is 9.57. The zero-order chi connectivity index (χ0) is 19.5. The Morgan fingerprint density at radius 2 is 1.90 bits per heavy atom. The van der Waals surface area contributed by atoms with Crippen molar-refractivity contribution in [1.29, 1.82) is 0 Å². The maximum absolute atomic E-state index is 4.64. The number of hydrogen-bond acceptors (Lipinski definition) is 4. The summed E-state index contributed by atoms with van der Waals surface area (Å²) in [5.74, 6) is 0.848. The molecule has 0 aliphatic carbocycles. The maximum atomic E-state index is 4.64. The van der Waals surface area contributed by atoms with Crippen molar-refractivity contribution in [3.63, 3.8) is 0 Å². The second-order valence-electron chi connectivity index (χ2n) is 7.76. The number of hydrogen-bond donors (Lipinski definition) is 2. The Hall–Kier alpha value is -1.65. The number of nitrogens with one attached hydrogen (secondary N) is 2. The van der Waals surface area contributed by atoms with Crippen molar-refractivity contribution in [1.82, 2.24) is 30.2 Å². The normalized spacial score (nSPS) is 23.6. The van der Waals surface area contributed by atoms with Crippen LogP contribution in [0, 0.1) is 13.8 Å². The van der Waals surface area contributed by atoms with Gasteiger partial charge in [-0.05, 0) is 31.5 Å². The molecular formula is C21H32IN7. The Bertz CT molecular complexity index is 839. The molecule has 8 heteroatoms. The number of para-hydroxylation sites is 1. The van der Waals surface area contributed by atoms with E-state index in [1.807, 2.05) is 18.7 Å². The van der Waals surface area contributed by atoms with Crippen LogP contribution in [0.25, 0.3) is 5.69 Å². The fourth-order valence-corrected chi connectivity index (χ4v) is 4.27. The first kappa shape index (κ1) is 22.0. The van der Waals surface area contributed by atoms with Crippen LogP contribution in [0.2, 0.25) is 0 Å². The van der Waals surface area contributed by atoms with Crippen molar-refractivity contribution < 1.29 is 0 Å². The van der Waals surface area contributed by atoms with Gasteiger partial charge in [0.1, 0.15) is 0 Å². The van der Waals surface area contributed by atoms with Crippen molar-refractivity contribution in [2.24, 2.45) is 4.99 Å². The minimum atomic E-state index is 0. The summed E-state index contributed by atoms with van der Waals surface area (Å²) >= 11 is 0. The number of piperazine rings is 3. The van der Waals surface area contributed by atoms with Crippen LogP contribution in [0.3, 0.4) is 0 Å². The number of aryl methyl sites for hydroxylation is 2. The molecule has 3 fully saturated rings. The van der Waals surface area contributed by atoms with Gasteiger partial charge >= 0.3 is 0 Å². The topological polar surface area (TPSA) is 60.7 Å². The number of benzene rings is 1. The third-order valence-electron chi connectivity index (χ3n) is 5.80. The Balaban J connectivity index is 0.00000240. The van der Waals surface area contributed by atoms with E-state index in [0.717, 1.165) is 36.1 Å². The van der Waals surface area contributed by atoms with Gasteiger partial charge in [-0.1, -0.05) is 18.2 Å². The highest BCUT2D eigenvalue weighted by Crippen LogP contribution is 2.17. The molecule has 0 amide bonds. The molecule has 1 atom stereocenters. The van der Waals surface area contributed by atoms with Crippen LogP contribution >= 0.6 is 24.0 Å². The number of halogens is 1. The molecule has 7 nitrogen and oxygen atoms in total. The lowest BCUT2D eigenvalue weighted by Crippen LogP contribution is -2.63. The highest BCUT2D eigenvalue weighted by atomic mass is 127. The molecule has 3 aliphatic heterocycles. The van der Waals surface area contributed by atoms with E-state index < -0.39 is 0 Å². The summed E-state index contributed by atoms with van der Waals surface area (Å²) in [7, 11) is 1.83. The molecule has 2 N–H and O–H groups in total. The molecule has 4 heterocycles. The van der Waals surface area contributed by atoms with Crippen LogP contribution in [0.5, 0.6) is 0 Å². The predicted octanol–water partition coefficient (Wildman–Crippen LogP) is 1.77. The lowest BCUT2D eigenvalue weighted by molar-refractivity contribution is 0.0154. The summed E-state index contributed by atoms with van der Waals surface area (Å²) in [5, 5.41) is 11.6. The molecule has 0 radical (unpaired) electrons. The van der Waals surface area contributed by atoms with Crippen LogP contribution in [-0.2, 0) is 6.54 Å². The molecule has 1 unspecified atom stereocenters. The van der Waals surface area contributed by atoms with Crippen LogP contribution in [0.1, 0.15) is 17.0 Å². The Morgan fingerprint density at radius 3 is 2.52 bits per heavy atom. The highest BCUT2D eigenvalue weighted by molar-refractivity contribution is 14.0. The number of rotatable bonds is 5. The van der Waals surface area contributed by atoms with Gasteiger partial charge in [0.25, 0.3) is 0 Å². The summed E-state index contributed by atoms with van der Waals surface area (Å²) in [6, 6.07) is 11.1. The molecule has 0 spiro atoms. The molecule has 3 saturated heterocycles. The van der Waals surface area contributed by atoms with E-state index in [4.69, 9.17) is 0 Å². The van der Waals surface area contributed by atoms with Crippen LogP contribution < -0.4 is 10.6 Å². The average Bonchev–Trinajstić information content (AvgIpc) is 3.07. The van der Waals surface area contributed by atoms with E-state index in [9.17, 15) is 0 Å². The first-order valence-corrected chi connectivity index (χ1v) is 10.2. The van der Waals surface area contributed by atoms with Gasteiger partial charge in [0.05, 0.1) is 11.4 Å². The summed E-state index contributed by atoms with van der Waals surface area (Å²) < 4.78 is 2.02. The van der Waals surface area contributed by atoms with Crippen molar-refractivity contribution >= 4 is 29.9 Å². The SMILES string of the molecule is CN=C(NCc1ccccc1-n1nc(C)cc1C)NCC1CN2CCN1CC2.I. The largest absolute Gasteiger partial charge is 0.355 e. The van der Waals surface area contributed by atoms with Crippen LogP contribution in [0.4, 0.5) is 0 Å². The molecule has 2 bridgehead atoms. The van der Waals surface area contributed by atoms with Gasteiger partial charge in [0.15, 0.2) is 5.96 Å². The summed E-state index contributed by atoms with van der Waals surface area (Å²) in [6.07, 6.45) is 0. The Morgan fingerprint density at radius 1 is 1.14 bits per heavy atom. The highest BCUT2D eigenvalue weighted by Gasteiger charge is 2.31. The standard InChI is InChI=1S/C21H31N7.HI/c1-16-12-17(2)28(25-16)20-7-5-4-6-18(20)13-23-21(22-3)24-14-19-15-26-8-10-27(19)11-9-26;/h4-7,12,19H,8-11,13-15H2,1-3H3,(H2,22,23,24);1H. The zero-order valence-electron chi connectivity index (χ0n) is 17.6. The predicted molar refractivity (Wildman–Crippen MR) is 128 cm³/mol. The van der Waals surface area contributed by atoms with Gasteiger partial charge in [0.2, 0.25) is 0 Å². The van der Waals surface area contributed by atoms with E-state index in [0.29, 0.717) is 12.6 Å². The quantitative estimate of drug-likeness (QED) is 0.366. The number of aromatic nitrogens is 2. The first-order chi connectivity index (χ1) is 13.6. The maximum Gasteiger partial charge on any atom is 0.191 e. The molecule has 158 valence electrons. The van der Waals surface area contributed by atoms with Gasteiger partial charge < -0.3 is 10.6 Å². The van der Waals surface area contributed by atoms with Gasteiger partial charge in [0, 0.05) is 64.6 Å². The monoisotopic (exact) mass is 509 g/mol. The minimum absolute atomic E-state index is 0. The lowest BCUT2D eigenvalue weighted by atomic mass is 10.1. The summed E-state index contributed by atoms with van der Waals surface area (Å²) in [6.45, 7) is 11.7. The molecule has 1 aromatic carbocycles. The molecule has 1 aromatic heterocycles. The molecule has 5 rings (SSSR count). The van der Waals surface area contributed by atoms with Gasteiger partial charge in [-0.2, -0.15) is 5.10 Å². The number of aliphatic imine (C=N–C) groups is 1. The molecular weight excluding hydrogens is 477 g/mol. The smallest absolute Gasteiger partial charge is 0.191 e. The van der Waals surface area contributed by atoms with E-state index in [1.54, 1.807) is 0 Å². The summed E-state index contributed by atoms with van der Waals surface area (Å²) in [5.41, 5.74) is 4.48. The molecule has 2 aromatic rings. The van der Waals surface area contributed by atoms with Crippen molar-refractivity contribution in [2.45, 2.75) is 26.4 Å². The Labute approximate surface area is 190 Å². The van der Waals surface area contributed by atoms with Gasteiger partial charge in [-0.15, -0.1) is 24.0 Å². The second-order valence-corrected chi connectivity index (χ2v) is 7.76. The third kappa shape index (κ3) is 5.10. The third-order valence-corrected chi connectivity index (χ3v) is 5.80. The van der Waals surface area contributed by atoms with Crippen LogP contribution in [-0.4, -0.2) is 77.9 Å². The molecule has 29 heavy (non-hydrogen) atoms. The number of guanidine groups is 1.